The molecule has 0 amide bonds. The van der Waals surface area contributed by atoms with Gasteiger partial charge >= 0.3 is 23.9 Å². The van der Waals surface area contributed by atoms with Crippen molar-refractivity contribution in [2.75, 3.05) is 13.2 Å². The summed E-state index contributed by atoms with van der Waals surface area (Å²) in [6.45, 7) is 2.54. The van der Waals surface area contributed by atoms with Crippen molar-refractivity contribution in [2.45, 2.75) is 13.8 Å². The Kier molecular flexibility index (Phi) is 6.03. The van der Waals surface area contributed by atoms with Crippen molar-refractivity contribution in [3.63, 3.8) is 0 Å². The lowest BCUT2D eigenvalue weighted by Gasteiger charge is -2.39. The van der Waals surface area contributed by atoms with Crippen LogP contribution in [0.5, 0.6) is 0 Å². The fourth-order valence-corrected chi connectivity index (χ4v) is 3.14. The molecule has 0 heterocycles. The number of benzene rings is 1. The van der Waals surface area contributed by atoms with E-state index < -0.39 is 34.7 Å². The molecule has 2 rings (SSSR count). The third kappa shape index (κ3) is 3.06. The quantitative estimate of drug-likeness (QED) is 0.536. The summed E-state index contributed by atoms with van der Waals surface area (Å²) < 4.78 is 9.89. The number of hydrogen-bond acceptors (Lipinski definition) is 6. The van der Waals surface area contributed by atoms with Crippen LogP contribution in [0.2, 0.25) is 0 Å². The van der Waals surface area contributed by atoms with Gasteiger partial charge in [-0.05, 0) is 31.1 Å². The Balaban J connectivity index is 2.88. The summed E-state index contributed by atoms with van der Waals surface area (Å²) >= 11 is 0. The number of carboxylic acids is 2. The Morgan fingerprint density at radius 1 is 0.857 bits per heavy atom. The number of rotatable bonds is 7. The number of esters is 2. The Bertz CT molecular complexity index is 818. The van der Waals surface area contributed by atoms with E-state index in [1.807, 2.05) is 0 Å². The van der Waals surface area contributed by atoms with Gasteiger partial charge in [-0.25, -0.2) is 0 Å². The van der Waals surface area contributed by atoms with Gasteiger partial charge in [0.1, 0.15) is 0 Å². The maximum Gasteiger partial charge on any atom is 0.329 e. The predicted octanol–water partition coefficient (Wildman–Crippen LogP) is 1.91. The molecule has 0 fully saturated rings. The van der Waals surface area contributed by atoms with E-state index in [2.05, 4.69) is 0 Å². The maximum atomic E-state index is 12.9. The van der Waals surface area contributed by atoms with Crippen molar-refractivity contribution < 1.29 is 38.9 Å². The summed E-state index contributed by atoms with van der Waals surface area (Å²) in [4.78, 5) is 50.1. The molecule has 0 bridgehead atoms. The summed E-state index contributed by atoms with van der Waals surface area (Å²) in [6, 6.07) is 8.50. The molecular formula is C20H20O8. The molecule has 0 radical (unpaired) electrons. The van der Waals surface area contributed by atoms with Crippen LogP contribution >= 0.6 is 0 Å². The molecule has 0 aliphatic heterocycles. The van der Waals surface area contributed by atoms with Gasteiger partial charge in [-0.15, -0.1) is 0 Å². The van der Waals surface area contributed by atoms with Gasteiger partial charge in [0.15, 0.2) is 0 Å². The summed E-state index contributed by atoms with van der Waals surface area (Å²) in [5, 5.41) is 19.6. The third-order valence-electron chi connectivity index (χ3n) is 4.48. The molecule has 0 saturated heterocycles. The lowest BCUT2D eigenvalue weighted by molar-refractivity contribution is -0.190. The lowest BCUT2D eigenvalue weighted by atomic mass is 9.59. The zero-order valence-electron chi connectivity index (χ0n) is 15.4. The predicted molar refractivity (Wildman–Crippen MR) is 97.0 cm³/mol. The van der Waals surface area contributed by atoms with Crippen LogP contribution in [-0.4, -0.2) is 47.3 Å². The third-order valence-corrected chi connectivity index (χ3v) is 4.48. The molecule has 8 nitrogen and oxygen atoms in total. The second-order valence-electron chi connectivity index (χ2n) is 5.97. The molecule has 8 heteroatoms. The first-order valence-electron chi connectivity index (χ1n) is 8.56. The van der Waals surface area contributed by atoms with Crippen LogP contribution in [-0.2, 0) is 28.7 Å². The van der Waals surface area contributed by atoms with Crippen LogP contribution in [0.4, 0.5) is 0 Å². The highest BCUT2D eigenvalue weighted by Crippen LogP contribution is 2.50. The van der Waals surface area contributed by atoms with Crippen LogP contribution in [0.15, 0.2) is 48.6 Å². The largest absolute Gasteiger partial charge is 0.480 e. The average Bonchev–Trinajstić information content (AvgIpc) is 2.67. The van der Waals surface area contributed by atoms with E-state index in [0.29, 0.717) is 11.1 Å². The molecule has 1 aromatic carbocycles. The molecule has 1 aromatic rings. The second kappa shape index (κ2) is 8.08. The summed E-state index contributed by atoms with van der Waals surface area (Å²) in [7, 11) is 0. The molecule has 2 N–H and O–H groups in total. The van der Waals surface area contributed by atoms with Crippen LogP contribution in [0, 0.1) is 10.8 Å². The van der Waals surface area contributed by atoms with E-state index in [-0.39, 0.29) is 13.2 Å². The van der Waals surface area contributed by atoms with Crippen molar-refractivity contribution in [1.29, 1.82) is 0 Å². The Labute approximate surface area is 161 Å². The molecule has 1 aliphatic rings. The Morgan fingerprint density at radius 3 is 1.79 bits per heavy atom. The average molecular weight is 388 g/mol. The lowest BCUT2D eigenvalue weighted by Crippen LogP contribution is -2.61. The molecule has 28 heavy (non-hydrogen) atoms. The van der Waals surface area contributed by atoms with Gasteiger partial charge in [0.05, 0.1) is 13.2 Å². The van der Waals surface area contributed by atoms with Crippen molar-refractivity contribution in [1.82, 2.24) is 0 Å². The van der Waals surface area contributed by atoms with E-state index in [9.17, 15) is 29.4 Å². The summed E-state index contributed by atoms with van der Waals surface area (Å²) in [6.07, 6.45) is 3.10. The van der Waals surface area contributed by atoms with Gasteiger partial charge < -0.3 is 19.7 Å². The Morgan fingerprint density at radius 2 is 1.36 bits per heavy atom. The van der Waals surface area contributed by atoms with Gasteiger partial charge in [-0.1, -0.05) is 42.5 Å². The molecule has 1 aliphatic carbocycles. The molecule has 0 aromatic heterocycles. The van der Waals surface area contributed by atoms with Gasteiger partial charge in [-0.3, -0.25) is 19.2 Å². The van der Waals surface area contributed by atoms with Crippen molar-refractivity contribution in [3.05, 3.63) is 54.1 Å². The number of allylic oxidation sites excluding steroid dienone is 2. The van der Waals surface area contributed by atoms with E-state index in [1.165, 1.54) is 19.9 Å². The second-order valence-corrected chi connectivity index (χ2v) is 5.97. The van der Waals surface area contributed by atoms with E-state index >= 15 is 0 Å². The molecule has 0 unspecified atom stereocenters. The fourth-order valence-electron chi connectivity index (χ4n) is 3.14. The molecule has 0 spiro atoms. The minimum Gasteiger partial charge on any atom is -0.480 e. The van der Waals surface area contributed by atoms with Crippen molar-refractivity contribution >= 4 is 29.5 Å². The SMILES string of the molecule is CCOC(=O)C1(C(=O)OCC)C=C(c2ccccc2)C=CC1(C(=O)O)C(=O)O. The standard InChI is InChI=1S/C20H20O8/c1-3-27-17(25)20(18(26)28-4-2)12-14(13-8-6-5-7-9-13)10-11-19(20,15(21)22)16(23)24/h5-12H,3-4H2,1-2H3,(H,21,22)(H,23,24). The topological polar surface area (TPSA) is 127 Å². The molecular weight excluding hydrogens is 368 g/mol. The zero-order chi connectivity index (χ0) is 20.9. The number of carbonyl (C=O) groups excluding carboxylic acids is 2. The van der Waals surface area contributed by atoms with E-state index in [4.69, 9.17) is 9.47 Å². The number of hydrogen-bond donors (Lipinski definition) is 2. The Hall–Kier alpha value is -3.42. The van der Waals surface area contributed by atoms with Crippen molar-refractivity contribution in [2.24, 2.45) is 10.8 Å². The number of aliphatic carboxylic acids is 2. The van der Waals surface area contributed by atoms with Crippen LogP contribution < -0.4 is 0 Å². The monoisotopic (exact) mass is 388 g/mol. The highest BCUT2D eigenvalue weighted by atomic mass is 16.6. The van der Waals surface area contributed by atoms with Gasteiger partial charge in [0, 0.05) is 0 Å². The minimum absolute atomic E-state index is 0.187. The first kappa shape index (κ1) is 20.9. The molecule has 0 saturated carbocycles. The van der Waals surface area contributed by atoms with E-state index in [0.717, 1.165) is 12.2 Å². The van der Waals surface area contributed by atoms with Crippen molar-refractivity contribution in [3.8, 4) is 0 Å². The number of carboxylic acid groups (broad SMARTS) is 2. The summed E-state index contributed by atoms with van der Waals surface area (Å²) in [5.41, 5.74) is -4.82. The number of ether oxygens (including phenoxy) is 2. The normalized spacial score (nSPS) is 16.6. The van der Waals surface area contributed by atoms with Crippen LogP contribution in [0.1, 0.15) is 19.4 Å². The van der Waals surface area contributed by atoms with E-state index in [1.54, 1.807) is 30.3 Å². The van der Waals surface area contributed by atoms with Gasteiger partial charge in [-0.2, -0.15) is 0 Å². The van der Waals surface area contributed by atoms with Crippen LogP contribution in [0.3, 0.4) is 0 Å². The van der Waals surface area contributed by atoms with Gasteiger partial charge in [0.2, 0.25) is 10.8 Å². The summed E-state index contributed by atoms with van der Waals surface area (Å²) in [5.74, 6) is -6.39. The number of carbonyl (C=O) groups is 4. The maximum absolute atomic E-state index is 12.9. The molecule has 0 atom stereocenters. The first-order chi connectivity index (χ1) is 13.3. The highest BCUT2D eigenvalue weighted by Gasteiger charge is 2.71. The smallest absolute Gasteiger partial charge is 0.329 e. The molecule has 148 valence electrons. The highest BCUT2D eigenvalue weighted by molar-refractivity contribution is 6.18. The zero-order valence-corrected chi connectivity index (χ0v) is 15.4. The fraction of sp³-hybridized carbons (Fsp3) is 0.300. The van der Waals surface area contributed by atoms with Crippen LogP contribution in [0.25, 0.3) is 5.57 Å². The first-order valence-corrected chi connectivity index (χ1v) is 8.56. The minimum atomic E-state index is -2.93. The van der Waals surface area contributed by atoms with Gasteiger partial charge in [0.25, 0.3) is 0 Å².